The van der Waals surface area contributed by atoms with Crippen molar-refractivity contribution in [3.05, 3.63) is 107 Å². The summed E-state index contributed by atoms with van der Waals surface area (Å²) in [7, 11) is 0. The fourth-order valence-corrected chi connectivity index (χ4v) is 6.07. The summed E-state index contributed by atoms with van der Waals surface area (Å²) >= 11 is 0. The van der Waals surface area contributed by atoms with E-state index in [-0.39, 0.29) is 12.2 Å². The van der Waals surface area contributed by atoms with E-state index < -0.39 is 0 Å². The molecule has 4 aromatic rings. The van der Waals surface area contributed by atoms with E-state index >= 15 is 0 Å². The topological polar surface area (TPSA) is 77.1 Å². The molecule has 212 valence electrons. The Kier molecular flexibility index (Phi) is 8.30. The minimum absolute atomic E-state index is 0.103. The van der Waals surface area contributed by atoms with Crippen LogP contribution in [0.15, 0.2) is 79.0 Å². The quantitative estimate of drug-likeness (QED) is 0.125. The van der Waals surface area contributed by atoms with E-state index in [2.05, 4.69) is 54.6 Å². The number of ether oxygens (including phenoxy) is 2. The van der Waals surface area contributed by atoms with Crippen LogP contribution in [-0.2, 0) is 14.3 Å². The van der Waals surface area contributed by atoms with Gasteiger partial charge in [0, 0.05) is 23.6 Å². The number of esters is 1. The molecule has 0 amide bonds. The van der Waals surface area contributed by atoms with E-state index in [1.165, 1.54) is 23.6 Å². The number of allylic oxidation sites excluding steroid dienone is 1. The van der Waals surface area contributed by atoms with Crippen molar-refractivity contribution >= 4 is 34.1 Å². The Morgan fingerprint density at radius 1 is 1.02 bits per heavy atom. The van der Waals surface area contributed by atoms with Crippen LogP contribution in [0, 0.1) is 17.2 Å². The fraction of sp³-hybridized carbons (Fsp3) is 0.306. The summed E-state index contributed by atoms with van der Waals surface area (Å²) in [6, 6.07) is 25.5. The molecule has 1 unspecified atom stereocenters. The lowest BCUT2D eigenvalue weighted by atomic mass is 9.72. The van der Waals surface area contributed by atoms with Crippen molar-refractivity contribution in [2.45, 2.75) is 51.7 Å². The predicted molar refractivity (Wildman–Crippen MR) is 165 cm³/mol. The first kappa shape index (κ1) is 27.7. The van der Waals surface area contributed by atoms with Crippen molar-refractivity contribution in [2.24, 2.45) is 5.92 Å². The van der Waals surface area contributed by atoms with Gasteiger partial charge in [0.1, 0.15) is 6.07 Å². The number of rotatable bonds is 8. The first-order chi connectivity index (χ1) is 20.7. The van der Waals surface area contributed by atoms with Crippen molar-refractivity contribution in [3.8, 4) is 6.07 Å². The van der Waals surface area contributed by atoms with Crippen LogP contribution in [0.3, 0.4) is 0 Å². The molecule has 42 heavy (non-hydrogen) atoms. The van der Waals surface area contributed by atoms with Crippen LogP contribution in [0.25, 0.3) is 28.1 Å². The van der Waals surface area contributed by atoms with Crippen LogP contribution >= 0.6 is 0 Å². The maximum atomic E-state index is 11.9. The van der Waals surface area contributed by atoms with Crippen LogP contribution in [0.1, 0.15) is 79.5 Å². The second-order valence-electron chi connectivity index (χ2n) is 10.9. The zero-order valence-electron chi connectivity index (χ0n) is 24.0. The molecule has 0 N–H and O–H groups in total. The number of hydrogen-bond acceptors (Lipinski definition) is 5. The van der Waals surface area contributed by atoms with Crippen LogP contribution in [0.2, 0.25) is 0 Å². The molecule has 1 aliphatic heterocycles. The summed E-state index contributed by atoms with van der Waals surface area (Å²) in [5.41, 5.74) is 7.93. The highest BCUT2D eigenvalue weighted by Crippen LogP contribution is 2.46. The van der Waals surface area contributed by atoms with E-state index in [1.807, 2.05) is 29.1 Å². The van der Waals surface area contributed by atoms with Gasteiger partial charge in [-0.1, -0.05) is 67.1 Å². The average molecular weight is 558 g/mol. The van der Waals surface area contributed by atoms with Gasteiger partial charge in [0.25, 0.3) is 0 Å². The average Bonchev–Trinajstić information content (AvgIpc) is 3.44. The molecule has 0 radical (unpaired) electrons. The summed E-state index contributed by atoms with van der Waals surface area (Å²) in [6.07, 6.45) is 11.5. The third kappa shape index (κ3) is 5.53. The molecule has 6 nitrogen and oxygen atoms in total. The standard InChI is InChI=1S/C36H35N3O3/c1-2-41-34(40)21-16-25-14-17-28(18-15-25)36(35(27-11-8-12-27)26-9-4-3-5-10-26)29-19-20-32-31(30(29)23-37)24-38-39(32)33-13-6-7-22-42-33/h3-5,9-10,14-21,24,27,33H,2,6-8,11-13,22H2,1H3/b21-16+,36-35-. The van der Waals surface area contributed by atoms with Crippen molar-refractivity contribution in [1.82, 2.24) is 9.78 Å². The molecular formula is C36H35N3O3. The number of hydrogen-bond donors (Lipinski definition) is 0. The molecule has 1 atom stereocenters. The lowest BCUT2D eigenvalue weighted by Crippen LogP contribution is -2.19. The van der Waals surface area contributed by atoms with Crippen LogP contribution < -0.4 is 0 Å². The maximum absolute atomic E-state index is 11.9. The Balaban J connectivity index is 1.52. The lowest BCUT2D eigenvalue weighted by molar-refractivity contribution is -0.137. The highest BCUT2D eigenvalue weighted by atomic mass is 16.5. The second-order valence-corrected chi connectivity index (χ2v) is 10.9. The fourth-order valence-electron chi connectivity index (χ4n) is 6.07. The number of carbonyl (C=O) groups is 1. The highest BCUT2D eigenvalue weighted by molar-refractivity contribution is 6.04. The molecule has 3 aromatic carbocycles. The first-order valence-corrected chi connectivity index (χ1v) is 14.9. The van der Waals surface area contributed by atoms with Gasteiger partial charge in [-0.2, -0.15) is 10.4 Å². The second kappa shape index (κ2) is 12.6. The van der Waals surface area contributed by atoms with Gasteiger partial charge in [-0.3, -0.25) is 0 Å². The van der Waals surface area contributed by atoms with Crippen LogP contribution in [0.4, 0.5) is 0 Å². The summed E-state index contributed by atoms with van der Waals surface area (Å²) in [6.45, 7) is 2.87. The van der Waals surface area contributed by atoms with Crippen molar-refractivity contribution in [3.63, 3.8) is 0 Å². The zero-order valence-corrected chi connectivity index (χ0v) is 24.0. The Labute approximate surface area is 246 Å². The molecule has 2 aliphatic rings. The van der Waals surface area contributed by atoms with Gasteiger partial charge in [-0.05, 0) is 84.9 Å². The Morgan fingerprint density at radius 2 is 1.83 bits per heavy atom. The Bertz CT molecular complexity index is 1670. The molecule has 2 fully saturated rings. The third-order valence-corrected chi connectivity index (χ3v) is 8.36. The van der Waals surface area contributed by atoms with Gasteiger partial charge in [0.15, 0.2) is 6.23 Å². The largest absolute Gasteiger partial charge is 0.463 e. The molecule has 6 rings (SSSR count). The van der Waals surface area contributed by atoms with E-state index in [4.69, 9.17) is 14.6 Å². The summed E-state index contributed by atoms with van der Waals surface area (Å²) in [5, 5.41) is 16.2. The minimum Gasteiger partial charge on any atom is -0.463 e. The molecule has 6 heteroatoms. The summed E-state index contributed by atoms with van der Waals surface area (Å²) < 4.78 is 13.0. The summed E-state index contributed by atoms with van der Waals surface area (Å²) in [4.78, 5) is 11.9. The monoisotopic (exact) mass is 557 g/mol. The number of benzene rings is 3. The van der Waals surface area contributed by atoms with Crippen molar-refractivity contribution in [2.75, 3.05) is 13.2 Å². The number of nitrogens with zero attached hydrogens (tertiary/aromatic N) is 3. The van der Waals surface area contributed by atoms with E-state index in [0.717, 1.165) is 71.9 Å². The Hall–Kier alpha value is -4.47. The minimum atomic E-state index is -0.357. The SMILES string of the molecule is CCOC(=O)/C=C/c1ccc(/C(=C(\c2ccccc2)C2CCC2)c2ccc3c(cnn3C3CCCCO3)c2C#N)cc1. The molecule has 1 saturated heterocycles. The molecule has 0 spiro atoms. The smallest absolute Gasteiger partial charge is 0.330 e. The molecule has 1 aliphatic carbocycles. The van der Waals surface area contributed by atoms with E-state index in [1.54, 1.807) is 13.0 Å². The number of fused-ring (bicyclic) bond motifs is 1. The number of carbonyl (C=O) groups excluding carboxylic acids is 1. The zero-order chi connectivity index (χ0) is 28.9. The molecule has 1 saturated carbocycles. The van der Waals surface area contributed by atoms with Gasteiger partial charge < -0.3 is 9.47 Å². The molecule has 2 heterocycles. The third-order valence-electron chi connectivity index (χ3n) is 8.36. The summed E-state index contributed by atoms with van der Waals surface area (Å²) in [5.74, 6) is 0.0519. The van der Waals surface area contributed by atoms with E-state index in [9.17, 15) is 10.1 Å². The van der Waals surface area contributed by atoms with Gasteiger partial charge >= 0.3 is 5.97 Å². The number of nitriles is 1. The first-order valence-electron chi connectivity index (χ1n) is 14.9. The van der Waals surface area contributed by atoms with Crippen LogP contribution in [-0.4, -0.2) is 29.0 Å². The molecular weight excluding hydrogens is 522 g/mol. The van der Waals surface area contributed by atoms with Gasteiger partial charge in [-0.15, -0.1) is 0 Å². The number of aromatic nitrogens is 2. The lowest BCUT2D eigenvalue weighted by Gasteiger charge is -2.32. The maximum Gasteiger partial charge on any atom is 0.330 e. The van der Waals surface area contributed by atoms with Crippen LogP contribution in [0.5, 0.6) is 0 Å². The predicted octanol–water partition coefficient (Wildman–Crippen LogP) is 7.94. The van der Waals surface area contributed by atoms with Gasteiger partial charge in [0.2, 0.25) is 0 Å². The molecule has 0 bridgehead atoms. The van der Waals surface area contributed by atoms with Crippen molar-refractivity contribution < 1.29 is 14.3 Å². The van der Waals surface area contributed by atoms with Crippen molar-refractivity contribution in [1.29, 1.82) is 5.26 Å². The highest BCUT2D eigenvalue weighted by Gasteiger charge is 2.29. The van der Waals surface area contributed by atoms with E-state index in [0.29, 0.717) is 18.1 Å². The van der Waals surface area contributed by atoms with Gasteiger partial charge in [-0.25, -0.2) is 9.48 Å². The molecule has 1 aromatic heterocycles. The van der Waals surface area contributed by atoms with Gasteiger partial charge in [0.05, 0.1) is 23.9 Å². The normalized spacial score (nSPS) is 18.0. The Morgan fingerprint density at radius 3 is 2.50 bits per heavy atom.